The van der Waals surface area contributed by atoms with Crippen LogP contribution in [0.3, 0.4) is 0 Å². The molecule has 1 atom stereocenters. The number of aryl methyl sites for hydroxylation is 1. The van der Waals surface area contributed by atoms with Crippen LogP contribution in [0.1, 0.15) is 44.3 Å². The van der Waals surface area contributed by atoms with Crippen LogP contribution in [0.15, 0.2) is 0 Å². The molecule has 1 rings (SSSR count). The van der Waals surface area contributed by atoms with Crippen LogP contribution >= 0.6 is 0 Å². The van der Waals surface area contributed by atoms with Crippen molar-refractivity contribution in [3.8, 4) is 0 Å². The maximum absolute atomic E-state index is 12.0. The van der Waals surface area contributed by atoms with Gasteiger partial charge in [0.2, 0.25) is 5.91 Å². The van der Waals surface area contributed by atoms with Gasteiger partial charge in [-0.3, -0.25) is 9.89 Å². The zero-order chi connectivity index (χ0) is 14.3. The number of nitrogens with one attached hydrogen (secondary N) is 1. The molecule has 108 valence electrons. The lowest BCUT2D eigenvalue weighted by Gasteiger charge is -2.18. The summed E-state index contributed by atoms with van der Waals surface area (Å²) in [4.78, 5) is 17.9. The highest BCUT2D eigenvalue weighted by Crippen LogP contribution is 2.15. The van der Waals surface area contributed by atoms with Gasteiger partial charge in [0.15, 0.2) is 5.82 Å². The van der Waals surface area contributed by atoms with Gasteiger partial charge in [-0.15, -0.1) is 0 Å². The van der Waals surface area contributed by atoms with Gasteiger partial charge in [-0.2, -0.15) is 5.10 Å². The summed E-state index contributed by atoms with van der Waals surface area (Å²) >= 11 is 0. The quantitative estimate of drug-likeness (QED) is 0.741. The van der Waals surface area contributed by atoms with E-state index in [1.165, 1.54) is 0 Å². The maximum Gasteiger partial charge on any atom is 0.222 e. The molecule has 0 radical (unpaired) electrons. The Hall–Kier alpha value is -1.43. The van der Waals surface area contributed by atoms with Gasteiger partial charge in [-0.25, -0.2) is 4.98 Å². The van der Waals surface area contributed by atoms with Crippen LogP contribution in [0.4, 0.5) is 0 Å². The Kier molecular flexibility index (Phi) is 6.49. The second-order valence-corrected chi connectivity index (χ2v) is 4.98. The molecule has 6 heteroatoms. The molecule has 0 fully saturated rings. The molecule has 1 unspecified atom stereocenters. The first-order chi connectivity index (χ1) is 9.06. The molecule has 19 heavy (non-hydrogen) atoms. The molecular weight excluding hydrogens is 242 g/mol. The standard InChI is InChI=1S/C13H25N5O/c1-4-11(7-8-14)5-6-13(19)18(3)9-12-15-10(2)16-17-12/h11H,4-9,14H2,1-3H3,(H,15,16,17). The third-order valence-electron chi connectivity index (χ3n) is 3.37. The number of H-pyrrole nitrogens is 1. The van der Waals surface area contributed by atoms with Gasteiger partial charge in [-0.05, 0) is 32.2 Å². The fraction of sp³-hybridized carbons (Fsp3) is 0.769. The molecule has 1 heterocycles. The van der Waals surface area contributed by atoms with Crippen molar-refractivity contribution in [3.05, 3.63) is 11.6 Å². The Labute approximate surface area is 114 Å². The monoisotopic (exact) mass is 267 g/mol. The van der Waals surface area contributed by atoms with Crippen LogP contribution in [-0.2, 0) is 11.3 Å². The lowest BCUT2D eigenvalue weighted by molar-refractivity contribution is -0.130. The molecule has 1 aromatic heterocycles. The van der Waals surface area contributed by atoms with Crippen molar-refractivity contribution < 1.29 is 4.79 Å². The Bertz CT molecular complexity index is 390. The van der Waals surface area contributed by atoms with Gasteiger partial charge in [-0.1, -0.05) is 13.3 Å². The van der Waals surface area contributed by atoms with Crippen molar-refractivity contribution in [2.75, 3.05) is 13.6 Å². The number of aromatic amines is 1. The fourth-order valence-corrected chi connectivity index (χ4v) is 2.07. The third kappa shape index (κ3) is 5.38. The van der Waals surface area contributed by atoms with Crippen molar-refractivity contribution in [2.24, 2.45) is 11.7 Å². The van der Waals surface area contributed by atoms with E-state index in [0.29, 0.717) is 31.3 Å². The van der Waals surface area contributed by atoms with Gasteiger partial charge >= 0.3 is 0 Å². The molecule has 1 amide bonds. The summed E-state index contributed by atoms with van der Waals surface area (Å²) in [5, 5.41) is 6.81. The summed E-state index contributed by atoms with van der Waals surface area (Å²) in [6.45, 7) is 5.14. The molecule has 1 aromatic rings. The first kappa shape index (κ1) is 15.6. The van der Waals surface area contributed by atoms with Gasteiger partial charge in [0.1, 0.15) is 5.82 Å². The second-order valence-electron chi connectivity index (χ2n) is 4.98. The summed E-state index contributed by atoms with van der Waals surface area (Å²) in [5.74, 6) is 2.11. The number of amides is 1. The molecule has 0 saturated carbocycles. The minimum atomic E-state index is 0.137. The average Bonchev–Trinajstić information content (AvgIpc) is 2.79. The SMILES string of the molecule is CCC(CCN)CCC(=O)N(C)Cc1n[nH]c(C)n1. The van der Waals surface area contributed by atoms with E-state index in [2.05, 4.69) is 22.1 Å². The lowest BCUT2D eigenvalue weighted by Crippen LogP contribution is -2.27. The first-order valence-corrected chi connectivity index (χ1v) is 6.88. The third-order valence-corrected chi connectivity index (χ3v) is 3.37. The predicted octanol–water partition coefficient (Wildman–Crippen LogP) is 1.23. The molecule has 0 aromatic carbocycles. The van der Waals surface area contributed by atoms with E-state index in [1.807, 2.05) is 6.92 Å². The molecule has 0 aliphatic rings. The smallest absolute Gasteiger partial charge is 0.222 e. The molecule has 0 aliphatic heterocycles. The van der Waals surface area contributed by atoms with Crippen molar-refractivity contribution in [1.29, 1.82) is 0 Å². The normalized spacial score (nSPS) is 12.4. The van der Waals surface area contributed by atoms with Crippen molar-refractivity contribution in [2.45, 2.75) is 46.1 Å². The zero-order valence-corrected chi connectivity index (χ0v) is 12.1. The first-order valence-electron chi connectivity index (χ1n) is 6.88. The van der Waals surface area contributed by atoms with E-state index in [9.17, 15) is 4.79 Å². The Morgan fingerprint density at radius 1 is 1.47 bits per heavy atom. The highest BCUT2D eigenvalue weighted by atomic mass is 16.2. The van der Waals surface area contributed by atoms with Crippen LogP contribution < -0.4 is 5.73 Å². The van der Waals surface area contributed by atoms with Gasteiger partial charge in [0.25, 0.3) is 0 Å². The Morgan fingerprint density at radius 2 is 2.21 bits per heavy atom. The summed E-state index contributed by atoms with van der Waals surface area (Å²) in [6.07, 6.45) is 3.55. The van der Waals surface area contributed by atoms with Gasteiger partial charge < -0.3 is 10.6 Å². The summed E-state index contributed by atoms with van der Waals surface area (Å²) in [7, 11) is 1.79. The summed E-state index contributed by atoms with van der Waals surface area (Å²) < 4.78 is 0. The highest BCUT2D eigenvalue weighted by Gasteiger charge is 2.14. The van der Waals surface area contributed by atoms with E-state index in [-0.39, 0.29) is 5.91 Å². The molecule has 0 saturated heterocycles. The number of rotatable bonds is 8. The number of nitrogens with zero attached hydrogens (tertiary/aromatic N) is 3. The van der Waals surface area contributed by atoms with Crippen molar-refractivity contribution in [3.63, 3.8) is 0 Å². The summed E-state index contributed by atoms with van der Waals surface area (Å²) in [6, 6.07) is 0. The second kappa shape index (κ2) is 7.89. The van der Waals surface area contributed by atoms with Crippen molar-refractivity contribution >= 4 is 5.91 Å². The average molecular weight is 267 g/mol. The van der Waals surface area contributed by atoms with E-state index in [4.69, 9.17) is 5.73 Å². The number of aromatic nitrogens is 3. The zero-order valence-electron chi connectivity index (χ0n) is 12.1. The highest BCUT2D eigenvalue weighted by molar-refractivity contribution is 5.75. The lowest BCUT2D eigenvalue weighted by atomic mass is 9.96. The van der Waals surface area contributed by atoms with Crippen LogP contribution in [0.5, 0.6) is 0 Å². The molecule has 0 bridgehead atoms. The van der Waals surface area contributed by atoms with E-state index in [1.54, 1.807) is 11.9 Å². The molecule has 0 spiro atoms. The van der Waals surface area contributed by atoms with E-state index >= 15 is 0 Å². The molecular formula is C13H25N5O. The van der Waals surface area contributed by atoms with E-state index < -0.39 is 0 Å². The predicted molar refractivity (Wildman–Crippen MR) is 74.3 cm³/mol. The molecule has 3 N–H and O–H groups in total. The van der Waals surface area contributed by atoms with Crippen LogP contribution in [0, 0.1) is 12.8 Å². The summed E-state index contributed by atoms with van der Waals surface area (Å²) in [5.41, 5.74) is 5.56. The topological polar surface area (TPSA) is 87.9 Å². The van der Waals surface area contributed by atoms with Crippen LogP contribution in [-0.4, -0.2) is 39.6 Å². The minimum absolute atomic E-state index is 0.137. The number of hydrogen-bond donors (Lipinski definition) is 2. The number of carbonyl (C=O) groups excluding carboxylic acids is 1. The molecule has 0 aliphatic carbocycles. The number of hydrogen-bond acceptors (Lipinski definition) is 4. The van der Waals surface area contributed by atoms with Gasteiger partial charge in [0, 0.05) is 13.5 Å². The van der Waals surface area contributed by atoms with Gasteiger partial charge in [0.05, 0.1) is 6.54 Å². The van der Waals surface area contributed by atoms with Crippen molar-refractivity contribution in [1.82, 2.24) is 20.1 Å². The van der Waals surface area contributed by atoms with Crippen LogP contribution in [0.2, 0.25) is 0 Å². The Balaban J connectivity index is 2.36. The largest absolute Gasteiger partial charge is 0.338 e. The maximum atomic E-state index is 12.0. The van der Waals surface area contributed by atoms with Crippen LogP contribution in [0.25, 0.3) is 0 Å². The van der Waals surface area contributed by atoms with E-state index in [0.717, 1.165) is 25.1 Å². The number of nitrogens with two attached hydrogens (primary N) is 1. The minimum Gasteiger partial charge on any atom is -0.338 e. The molecule has 6 nitrogen and oxygen atoms in total. The Morgan fingerprint density at radius 3 is 2.74 bits per heavy atom. The number of carbonyl (C=O) groups is 1. The fourth-order valence-electron chi connectivity index (χ4n) is 2.07.